The van der Waals surface area contributed by atoms with Gasteiger partial charge in [-0.2, -0.15) is 21.6 Å². The van der Waals surface area contributed by atoms with Crippen molar-refractivity contribution in [3.05, 3.63) is 47.5 Å². The summed E-state index contributed by atoms with van der Waals surface area (Å²) in [6.45, 7) is 5.36. The summed E-state index contributed by atoms with van der Waals surface area (Å²) >= 11 is 0. The summed E-state index contributed by atoms with van der Waals surface area (Å²) in [5.41, 5.74) is 3.15. The van der Waals surface area contributed by atoms with E-state index in [1.165, 1.54) is 29.6 Å². The fraction of sp³-hybridized carbons (Fsp3) is 0.536. The zero-order chi connectivity index (χ0) is 30.4. The number of halogens is 3. The van der Waals surface area contributed by atoms with Crippen LogP contribution in [0.5, 0.6) is 0 Å². The van der Waals surface area contributed by atoms with Crippen LogP contribution in [-0.2, 0) is 34.8 Å². The average molecular weight is 610 g/mol. The van der Waals surface area contributed by atoms with Gasteiger partial charge in [-0.1, -0.05) is 13.3 Å². The molecule has 1 saturated heterocycles. The van der Waals surface area contributed by atoms with E-state index in [4.69, 9.17) is 9.90 Å². The summed E-state index contributed by atoms with van der Waals surface area (Å²) in [6.07, 6.45) is 4.37. The van der Waals surface area contributed by atoms with Crippen molar-refractivity contribution >= 4 is 32.8 Å². The molecule has 1 N–H and O–H groups in total. The maximum absolute atomic E-state index is 13.8. The van der Waals surface area contributed by atoms with Gasteiger partial charge in [-0.3, -0.25) is 9.69 Å². The highest BCUT2D eigenvalue weighted by Gasteiger charge is 2.38. The Morgan fingerprint density at radius 1 is 1.07 bits per heavy atom. The van der Waals surface area contributed by atoms with E-state index < -0.39 is 22.2 Å². The molecule has 6 rings (SSSR count). The molecule has 1 amide bonds. The highest BCUT2D eigenvalue weighted by molar-refractivity contribution is 7.90. The third-order valence-corrected chi connectivity index (χ3v) is 10.1. The Hall–Kier alpha value is -3.39. The lowest BCUT2D eigenvalue weighted by molar-refractivity contribution is -0.192. The smallest absolute Gasteiger partial charge is 0.475 e. The number of nitrogens with zero attached hydrogens (tertiary/aromatic N) is 5. The molecule has 0 unspecified atom stereocenters. The van der Waals surface area contributed by atoms with Crippen LogP contribution in [0.15, 0.2) is 35.7 Å². The van der Waals surface area contributed by atoms with E-state index in [9.17, 15) is 26.4 Å². The second-order valence-corrected chi connectivity index (χ2v) is 13.1. The summed E-state index contributed by atoms with van der Waals surface area (Å²) in [7, 11) is -2.09. The van der Waals surface area contributed by atoms with E-state index in [2.05, 4.69) is 16.8 Å². The Bertz CT molecular complexity index is 1600. The van der Waals surface area contributed by atoms with Crippen molar-refractivity contribution in [1.82, 2.24) is 23.3 Å². The number of carboxylic acid groups (broad SMARTS) is 1. The standard InChI is InChI=1S/C26H33N5O3S.C2HF3O2/c1-18-8-11-29(12-9-18)26(32)19-6-7-23-21(14-19)22-15-30(20-4-3-5-20)13-10-24(22)31(23)35(33,34)25-16-28(2)17-27-25;3-2(4,5)1(6)7/h6-7,14,16-18,20H,3-5,8-13,15H2,1-2H3;(H,6,7). The summed E-state index contributed by atoms with van der Waals surface area (Å²) in [5.74, 6) is -2.07. The summed E-state index contributed by atoms with van der Waals surface area (Å²) in [6, 6.07) is 6.13. The highest BCUT2D eigenvalue weighted by Crippen LogP contribution is 2.37. The predicted molar refractivity (Wildman–Crippen MR) is 147 cm³/mol. The first kappa shape index (κ1) is 30.1. The van der Waals surface area contributed by atoms with Gasteiger partial charge in [-0.15, -0.1) is 0 Å². The fourth-order valence-corrected chi connectivity index (χ4v) is 7.40. The second kappa shape index (κ2) is 11.4. The number of carbonyl (C=O) groups excluding carboxylic acids is 1. The van der Waals surface area contributed by atoms with E-state index >= 15 is 0 Å². The molecule has 10 nitrogen and oxygen atoms in total. The largest absolute Gasteiger partial charge is 0.490 e. The van der Waals surface area contributed by atoms with Gasteiger partial charge in [0.2, 0.25) is 0 Å². The molecule has 3 aliphatic rings. The Balaban J connectivity index is 0.000000451. The van der Waals surface area contributed by atoms with Crippen molar-refractivity contribution in [1.29, 1.82) is 0 Å². The third kappa shape index (κ3) is 5.78. The van der Waals surface area contributed by atoms with Crippen LogP contribution in [0, 0.1) is 5.92 Å². The molecule has 0 bridgehead atoms. The van der Waals surface area contributed by atoms with E-state index in [0.717, 1.165) is 55.7 Å². The first-order valence-corrected chi connectivity index (χ1v) is 15.4. The number of aliphatic carboxylic acids is 1. The van der Waals surface area contributed by atoms with Crippen LogP contribution in [-0.4, -0.2) is 80.6 Å². The lowest BCUT2D eigenvalue weighted by Gasteiger charge is -2.40. The van der Waals surface area contributed by atoms with E-state index in [1.54, 1.807) is 23.9 Å². The van der Waals surface area contributed by atoms with E-state index in [0.29, 0.717) is 29.5 Å². The van der Waals surface area contributed by atoms with Crippen LogP contribution in [0.25, 0.3) is 10.9 Å². The predicted octanol–water partition coefficient (Wildman–Crippen LogP) is 4.03. The zero-order valence-corrected chi connectivity index (χ0v) is 24.3. The number of alkyl halides is 3. The molecule has 4 heterocycles. The maximum atomic E-state index is 13.8. The van der Waals surface area contributed by atoms with Gasteiger partial charge in [-0.25, -0.2) is 13.8 Å². The number of imidazole rings is 1. The molecule has 0 atom stereocenters. The molecule has 3 aromatic rings. The number of aromatic nitrogens is 3. The van der Waals surface area contributed by atoms with Crippen molar-refractivity contribution in [2.24, 2.45) is 13.0 Å². The van der Waals surface area contributed by atoms with Crippen LogP contribution in [0.1, 0.15) is 60.6 Å². The van der Waals surface area contributed by atoms with Gasteiger partial charge < -0.3 is 14.6 Å². The van der Waals surface area contributed by atoms with Crippen LogP contribution >= 0.6 is 0 Å². The Kier molecular flexibility index (Phi) is 8.14. The number of benzene rings is 1. The van der Waals surface area contributed by atoms with Crippen molar-refractivity contribution in [3.63, 3.8) is 0 Å². The van der Waals surface area contributed by atoms with E-state index in [1.807, 2.05) is 17.0 Å². The van der Waals surface area contributed by atoms with Gasteiger partial charge in [0.15, 0.2) is 5.03 Å². The molecule has 1 aromatic carbocycles. The number of carbonyl (C=O) groups is 2. The Labute approximate surface area is 241 Å². The van der Waals surface area contributed by atoms with E-state index in [-0.39, 0.29) is 10.9 Å². The van der Waals surface area contributed by atoms with Gasteiger partial charge in [0, 0.05) is 68.5 Å². The number of amides is 1. The minimum atomic E-state index is -5.08. The first-order chi connectivity index (χ1) is 19.8. The lowest BCUT2D eigenvalue weighted by atomic mass is 9.89. The fourth-order valence-electron chi connectivity index (χ4n) is 5.82. The summed E-state index contributed by atoms with van der Waals surface area (Å²) in [5, 5.41) is 8.04. The Morgan fingerprint density at radius 2 is 1.74 bits per heavy atom. The molecular formula is C28H34F3N5O5S. The molecule has 0 radical (unpaired) electrons. The number of fused-ring (bicyclic) bond motifs is 3. The SMILES string of the molecule is CC1CCN(C(=O)c2ccc3c(c2)c2c(n3S(=O)(=O)c3cn(C)cn3)CCN(C3CCC3)C2)CC1.O=C(O)C(F)(F)F. The molecule has 42 heavy (non-hydrogen) atoms. The average Bonchev–Trinajstić information content (AvgIpc) is 3.49. The minimum Gasteiger partial charge on any atom is -0.475 e. The van der Waals surface area contributed by atoms with Gasteiger partial charge in [0.25, 0.3) is 15.9 Å². The molecule has 14 heteroatoms. The Morgan fingerprint density at radius 3 is 2.29 bits per heavy atom. The lowest BCUT2D eigenvalue weighted by Crippen LogP contribution is -2.43. The summed E-state index contributed by atoms with van der Waals surface area (Å²) in [4.78, 5) is 30.8. The highest BCUT2D eigenvalue weighted by atomic mass is 32.2. The molecule has 2 fully saturated rings. The molecule has 2 aromatic heterocycles. The first-order valence-electron chi connectivity index (χ1n) is 14.0. The number of carboxylic acids is 1. The number of aryl methyl sites for hydroxylation is 1. The number of hydrogen-bond donors (Lipinski definition) is 1. The number of piperidine rings is 1. The molecular weight excluding hydrogens is 575 g/mol. The maximum Gasteiger partial charge on any atom is 0.490 e. The third-order valence-electron chi connectivity index (χ3n) is 8.47. The molecule has 0 spiro atoms. The van der Waals surface area contributed by atoms with Crippen LogP contribution in [0.2, 0.25) is 0 Å². The van der Waals surface area contributed by atoms with Crippen LogP contribution < -0.4 is 0 Å². The summed E-state index contributed by atoms with van der Waals surface area (Å²) < 4.78 is 62.4. The van der Waals surface area contributed by atoms with Crippen molar-refractivity contribution in [2.75, 3.05) is 19.6 Å². The molecule has 1 saturated carbocycles. The molecule has 228 valence electrons. The van der Waals surface area contributed by atoms with Gasteiger partial charge in [-0.05, 0) is 55.4 Å². The minimum absolute atomic E-state index is 0.0412. The van der Waals surface area contributed by atoms with Gasteiger partial charge in [0.05, 0.1) is 11.8 Å². The normalized spacial score (nSPS) is 18.7. The van der Waals surface area contributed by atoms with Crippen LogP contribution in [0.4, 0.5) is 13.2 Å². The number of rotatable bonds is 4. The van der Waals surface area contributed by atoms with Crippen molar-refractivity contribution < 1.29 is 36.3 Å². The number of likely N-dealkylation sites (tertiary alicyclic amines) is 1. The van der Waals surface area contributed by atoms with Gasteiger partial charge in [0.1, 0.15) is 0 Å². The zero-order valence-electron chi connectivity index (χ0n) is 23.5. The second-order valence-electron chi connectivity index (χ2n) is 11.4. The molecule has 1 aliphatic carbocycles. The number of hydrogen-bond acceptors (Lipinski definition) is 6. The van der Waals surface area contributed by atoms with Crippen molar-refractivity contribution in [3.8, 4) is 0 Å². The van der Waals surface area contributed by atoms with Gasteiger partial charge >= 0.3 is 12.1 Å². The molecule has 2 aliphatic heterocycles. The topological polar surface area (TPSA) is 118 Å². The van der Waals surface area contributed by atoms with Crippen LogP contribution in [0.3, 0.4) is 0 Å². The quantitative estimate of drug-likeness (QED) is 0.475. The van der Waals surface area contributed by atoms with Crippen molar-refractivity contribution in [2.45, 2.75) is 69.2 Å². The monoisotopic (exact) mass is 609 g/mol.